The Kier molecular flexibility index (Phi) is 5.54. The second kappa shape index (κ2) is 6.68. The highest BCUT2D eigenvalue weighted by atomic mass is 16.5. The van der Waals surface area contributed by atoms with Gasteiger partial charge in [-0.3, -0.25) is 0 Å². The molecule has 0 amide bonds. The van der Waals surface area contributed by atoms with E-state index in [1.807, 2.05) is 0 Å². The summed E-state index contributed by atoms with van der Waals surface area (Å²) in [6.45, 7) is 8.22. The van der Waals surface area contributed by atoms with Gasteiger partial charge in [0.15, 0.2) is 0 Å². The molecule has 0 aliphatic rings. The van der Waals surface area contributed by atoms with Crippen molar-refractivity contribution in [3.05, 3.63) is 11.8 Å². The summed E-state index contributed by atoms with van der Waals surface area (Å²) in [7, 11) is 1.63. The molecule has 0 spiro atoms. The van der Waals surface area contributed by atoms with Crippen LogP contribution in [0, 0.1) is 0 Å². The van der Waals surface area contributed by atoms with Crippen molar-refractivity contribution in [1.82, 2.24) is 15.5 Å². The molecule has 1 aromatic rings. The van der Waals surface area contributed by atoms with Crippen molar-refractivity contribution in [3.8, 4) is 0 Å². The molecule has 0 aromatic carbocycles. The van der Waals surface area contributed by atoms with E-state index < -0.39 is 0 Å². The van der Waals surface area contributed by atoms with Gasteiger partial charge in [-0.2, -0.15) is 0 Å². The highest BCUT2D eigenvalue weighted by Crippen LogP contribution is 2.04. The van der Waals surface area contributed by atoms with Crippen LogP contribution in [0.4, 0.5) is 0 Å². The van der Waals surface area contributed by atoms with Gasteiger partial charge < -0.3 is 19.2 Å². The number of aromatic nitrogens is 2. The molecule has 0 bridgehead atoms. The number of ether oxygens (including phenoxy) is 2. The Morgan fingerprint density at radius 1 is 1.18 bits per heavy atom. The fraction of sp³-hybridized carbons (Fsp3) is 0.818. The Labute approximate surface area is 102 Å². The third kappa shape index (κ3) is 6.35. The molecule has 0 saturated heterocycles. The molecule has 17 heavy (non-hydrogen) atoms. The predicted molar refractivity (Wildman–Crippen MR) is 62.4 cm³/mol. The van der Waals surface area contributed by atoms with Gasteiger partial charge in [-0.25, -0.2) is 0 Å². The quantitative estimate of drug-likeness (QED) is 0.724. The second-order valence-electron chi connectivity index (χ2n) is 4.74. The van der Waals surface area contributed by atoms with E-state index in [2.05, 4.69) is 36.3 Å². The summed E-state index contributed by atoms with van der Waals surface area (Å²) in [5.74, 6) is 1.07. The third-order valence-corrected chi connectivity index (χ3v) is 1.94. The Hall–Kier alpha value is -0.980. The molecule has 1 rings (SSSR count). The van der Waals surface area contributed by atoms with Crippen LogP contribution < -0.4 is 5.32 Å². The molecular formula is C11H21N3O3. The van der Waals surface area contributed by atoms with Gasteiger partial charge in [-0.15, -0.1) is 10.2 Å². The van der Waals surface area contributed by atoms with Gasteiger partial charge in [0.05, 0.1) is 19.8 Å². The average Bonchev–Trinajstić information content (AvgIpc) is 2.69. The summed E-state index contributed by atoms with van der Waals surface area (Å²) in [5.41, 5.74) is 0.0313. The Bertz CT molecular complexity index is 320. The maximum atomic E-state index is 5.41. The lowest BCUT2D eigenvalue weighted by molar-refractivity contribution is 0.0512. The predicted octanol–water partition coefficient (Wildman–Crippen LogP) is 1.12. The molecule has 0 unspecified atom stereocenters. The lowest BCUT2D eigenvalue weighted by Crippen LogP contribution is -2.35. The van der Waals surface area contributed by atoms with E-state index in [9.17, 15) is 0 Å². The van der Waals surface area contributed by atoms with Crippen LogP contribution in [0.3, 0.4) is 0 Å². The van der Waals surface area contributed by atoms with Gasteiger partial charge in [0.2, 0.25) is 11.8 Å². The first-order chi connectivity index (χ1) is 8.01. The summed E-state index contributed by atoms with van der Waals surface area (Å²) in [5, 5.41) is 11.1. The Balaban J connectivity index is 2.28. The highest BCUT2D eigenvalue weighted by molar-refractivity contribution is 4.82. The minimum absolute atomic E-state index is 0.0313. The molecule has 1 heterocycles. The first-order valence-corrected chi connectivity index (χ1v) is 5.64. The average molecular weight is 243 g/mol. The van der Waals surface area contributed by atoms with Crippen molar-refractivity contribution >= 4 is 0 Å². The molecule has 98 valence electrons. The summed E-state index contributed by atoms with van der Waals surface area (Å²) < 4.78 is 15.5. The van der Waals surface area contributed by atoms with E-state index >= 15 is 0 Å². The van der Waals surface area contributed by atoms with Crippen molar-refractivity contribution in [2.45, 2.75) is 39.5 Å². The number of rotatable bonds is 7. The van der Waals surface area contributed by atoms with E-state index in [-0.39, 0.29) is 5.54 Å². The first kappa shape index (κ1) is 14.1. The molecule has 0 atom stereocenters. The lowest BCUT2D eigenvalue weighted by atomic mass is 10.1. The zero-order chi connectivity index (χ0) is 12.7. The molecule has 0 saturated carbocycles. The van der Waals surface area contributed by atoms with Crippen LogP contribution in [0.25, 0.3) is 0 Å². The lowest BCUT2D eigenvalue weighted by Gasteiger charge is -2.18. The molecule has 1 aromatic heterocycles. The van der Waals surface area contributed by atoms with Gasteiger partial charge in [0, 0.05) is 12.6 Å². The zero-order valence-corrected chi connectivity index (χ0v) is 10.9. The molecule has 6 nitrogen and oxygen atoms in total. The highest BCUT2D eigenvalue weighted by Gasteiger charge is 2.12. The number of nitrogens with zero attached hydrogens (tertiary/aromatic N) is 2. The summed E-state index contributed by atoms with van der Waals surface area (Å²) in [6, 6.07) is 0. The van der Waals surface area contributed by atoms with Gasteiger partial charge in [-0.05, 0) is 20.8 Å². The topological polar surface area (TPSA) is 69.4 Å². The smallest absolute Gasteiger partial charge is 0.242 e. The van der Waals surface area contributed by atoms with Crippen molar-refractivity contribution in [2.24, 2.45) is 0 Å². The van der Waals surface area contributed by atoms with Crippen molar-refractivity contribution in [1.29, 1.82) is 0 Å². The zero-order valence-electron chi connectivity index (χ0n) is 10.9. The Morgan fingerprint density at radius 3 is 2.53 bits per heavy atom. The summed E-state index contributed by atoms with van der Waals surface area (Å²) >= 11 is 0. The summed E-state index contributed by atoms with van der Waals surface area (Å²) in [4.78, 5) is 0. The van der Waals surface area contributed by atoms with Crippen LogP contribution in [-0.4, -0.2) is 36.1 Å². The van der Waals surface area contributed by atoms with Crippen LogP contribution in [0.1, 0.15) is 32.6 Å². The largest absolute Gasteiger partial charge is 0.421 e. The SMILES string of the molecule is COCCOCc1nnc(CNC(C)(C)C)o1. The molecule has 0 radical (unpaired) electrons. The molecule has 0 aliphatic heterocycles. The van der Waals surface area contributed by atoms with E-state index in [1.165, 1.54) is 0 Å². The first-order valence-electron chi connectivity index (χ1n) is 5.64. The van der Waals surface area contributed by atoms with Crippen LogP contribution >= 0.6 is 0 Å². The van der Waals surface area contributed by atoms with Gasteiger partial charge >= 0.3 is 0 Å². The summed E-state index contributed by atoms with van der Waals surface area (Å²) in [6.07, 6.45) is 0. The minimum Gasteiger partial charge on any atom is -0.421 e. The second-order valence-corrected chi connectivity index (χ2v) is 4.74. The minimum atomic E-state index is 0.0313. The van der Waals surface area contributed by atoms with E-state index in [4.69, 9.17) is 13.9 Å². The molecule has 0 aliphatic carbocycles. The normalized spacial score (nSPS) is 12.0. The van der Waals surface area contributed by atoms with E-state index in [1.54, 1.807) is 7.11 Å². The molecule has 1 N–H and O–H groups in total. The third-order valence-electron chi connectivity index (χ3n) is 1.94. The van der Waals surface area contributed by atoms with Crippen LogP contribution in [-0.2, 0) is 22.6 Å². The van der Waals surface area contributed by atoms with Crippen LogP contribution in [0.2, 0.25) is 0 Å². The number of hydrogen-bond donors (Lipinski definition) is 1. The standard InChI is InChI=1S/C11H21N3O3/c1-11(2,3)12-7-9-13-14-10(17-9)8-16-6-5-15-4/h12H,5-8H2,1-4H3. The fourth-order valence-corrected chi connectivity index (χ4v) is 1.06. The Morgan fingerprint density at radius 2 is 1.88 bits per heavy atom. The van der Waals surface area contributed by atoms with Crippen LogP contribution in [0.5, 0.6) is 0 Å². The van der Waals surface area contributed by atoms with E-state index in [0.717, 1.165) is 0 Å². The number of methoxy groups -OCH3 is 1. The van der Waals surface area contributed by atoms with Crippen LogP contribution in [0.15, 0.2) is 4.42 Å². The molecular weight excluding hydrogens is 222 g/mol. The maximum absolute atomic E-state index is 5.41. The number of hydrogen-bond acceptors (Lipinski definition) is 6. The van der Waals surface area contributed by atoms with E-state index in [0.29, 0.717) is 38.1 Å². The number of nitrogens with one attached hydrogen (secondary N) is 1. The van der Waals surface area contributed by atoms with Gasteiger partial charge in [0.1, 0.15) is 6.61 Å². The molecule has 6 heteroatoms. The fourth-order valence-electron chi connectivity index (χ4n) is 1.06. The van der Waals surface area contributed by atoms with Crippen molar-refractivity contribution in [3.63, 3.8) is 0 Å². The monoisotopic (exact) mass is 243 g/mol. The van der Waals surface area contributed by atoms with Gasteiger partial charge in [-0.1, -0.05) is 0 Å². The van der Waals surface area contributed by atoms with Crippen molar-refractivity contribution in [2.75, 3.05) is 20.3 Å². The molecule has 0 fully saturated rings. The maximum Gasteiger partial charge on any atom is 0.242 e. The van der Waals surface area contributed by atoms with Crippen molar-refractivity contribution < 1.29 is 13.9 Å². The van der Waals surface area contributed by atoms with Gasteiger partial charge in [0.25, 0.3) is 0 Å².